The first-order valence-corrected chi connectivity index (χ1v) is 9.90. The van der Waals surface area contributed by atoms with E-state index in [1.807, 2.05) is 42.5 Å². The molecule has 0 unspecified atom stereocenters. The number of aliphatic hydroxyl groups excluding tert-OH is 1. The predicted molar refractivity (Wildman–Crippen MR) is 114 cm³/mol. The van der Waals surface area contributed by atoms with Crippen molar-refractivity contribution in [3.63, 3.8) is 0 Å². The van der Waals surface area contributed by atoms with E-state index in [0.717, 1.165) is 23.9 Å². The molecule has 0 aliphatic rings. The molecule has 0 saturated heterocycles. The lowest BCUT2D eigenvalue weighted by molar-refractivity contribution is 0.106. The van der Waals surface area contributed by atoms with Gasteiger partial charge in [0, 0.05) is 23.6 Å². The average Bonchev–Trinajstić information content (AvgIpc) is 3.19. The highest BCUT2D eigenvalue weighted by molar-refractivity contribution is 5.91. The van der Waals surface area contributed by atoms with Gasteiger partial charge in [0.05, 0.1) is 0 Å². The van der Waals surface area contributed by atoms with Crippen molar-refractivity contribution in [1.29, 1.82) is 0 Å². The third-order valence-electron chi connectivity index (χ3n) is 4.82. The molecule has 0 radical (unpaired) electrons. The van der Waals surface area contributed by atoms with Crippen LogP contribution in [0.25, 0.3) is 22.2 Å². The summed E-state index contributed by atoms with van der Waals surface area (Å²) in [5.41, 5.74) is 3.17. The Morgan fingerprint density at radius 1 is 1.03 bits per heavy atom. The molecule has 4 rings (SSSR count). The Hall–Kier alpha value is -3.22. The van der Waals surface area contributed by atoms with E-state index in [1.54, 1.807) is 6.07 Å². The topological polar surface area (TPSA) is 67.5 Å². The first kappa shape index (κ1) is 20.1. The van der Waals surface area contributed by atoms with Crippen LogP contribution >= 0.6 is 0 Å². The van der Waals surface area contributed by atoms with Crippen molar-refractivity contribution >= 4 is 11.0 Å². The SMILES string of the molecule is O[C@@H](CNCCc1ccccc1)COc1ccc(-c2noc3cc(F)ccc23)cc1. The highest BCUT2D eigenvalue weighted by Crippen LogP contribution is 2.29. The Balaban J connectivity index is 1.25. The van der Waals surface area contributed by atoms with Crippen LogP contribution < -0.4 is 10.1 Å². The summed E-state index contributed by atoms with van der Waals surface area (Å²) in [5.74, 6) is 0.294. The number of hydrogen-bond donors (Lipinski definition) is 2. The zero-order valence-corrected chi connectivity index (χ0v) is 16.4. The number of ether oxygens (including phenoxy) is 1. The van der Waals surface area contributed by atoms with Crippen LogP contribution in [0, 0.1) is 5.82 Å². The normalized spacial score (nSPS) is 12.2. The lowest BCUT2D eigenvalue weighted by Crippen LogP contribution is -2.32. The molecule has 2 N–H and O–H groups in total. The smallest absolute Gasteiger partial charge is 0.170 e. The Morgan fingerprint density at radius 3 is 2.63 bits per heavy atom. The number of hydrogen-bond acceptors (Lipinski definition) is 5. The van der Waals surface area contributed by atoms with E-state index in [0.29, 0.717) is 23.6 Å². The van der Waals surface area contributed by atoms with Gasteiger partial charge in [0.1, 0.15) is 30.0 Å². The standard InChI is InChI=1S/C24H23FN2O3/c25-19-8-11-22-23(14-19)30-27-24(22)18-6-9-21(10-7-18)29-16-20(28)15-26-13-12-17-4-2-1-3-5-17/h1-11,14,20,26,28H,12-13,15-16H2/t20-/m0/s1. The number of nitrogens with zero attached hydrogens (tertiary/aromatic N) is 1. The molecule has 1 aromatic heterocycles. The molecule has 0 fully saturated rings. The summed E-state index contributed by atoms with van der Waals surface area (Å²) in [7, 11) is 0. The summed E-state index contributed by atoms with van der Waals surface area (Å²) in [5, 5.41) is 18.2. The monoisotopic (exact) mass is 406 g/mol. The highest BCUT2D eigenvalue weighted by atomic mass is 19.1. The van der Waals surface area contributed by atoms with Gasteiger partial charge < -0.3 is 19.7 Å². The molecule has 0 aliphatic carbocycles. The first-order valence-electron chi connectivity index (χ1n) is 9.90. The number of aliphatic hydroxyl groups is 1. The molecular formula is C24H23FN2O3. The molecule has 6 heteroatoms. The molecule has 154 valence electrons. The largest absolute Gasteiger partial charge is 0.491 e. The van der Waals surface area contributed by atoms with Crippen LogP contribution in [0.1, 0.15) is 5.56 Å². The number of benzene rings is 3. The van der Waals surface area contributed by atoms with Crippen molar-refractivity contribution in [2.45, 2.75) is 12.5 Å². The molecule has 0 spiro atoms. The molecule has 5 nitrogen and oxygen atoms in total. The fourth-order valence-electron chi connectivity index (χ4n) is 3.23. The van der Waals surface area contributed by atoms with Crippen LogP contribution in [0.4, 0.5) is 4.39 Å². The van der Waals surface area contributed by atoms with Crippen molar-refractivity contribution in [1.82, 2.24) is 10.5 Å². The third kappa shape index (κ3) is 5.03. The maximum absolute atomic E-state index is 13.3. The van der Waals surface area contributed by atoms with Gasteiger partial charge in [0.15, 0.2) is 5.58 Å². The van der Waals surface area contributed by atoms with Gasteiger partial charge in [-0.05, 0) is 54.9 Å². The van der Waals surface area contributed by atoms with Crippen molar-refractivity contribution in [3.8, 4) is 17.0 Å². The molecule has 0 amide bonds. The summed E-state index contributed by atoms with van der Waals surface area (Å²) in [6.45, 7) is 1.46. The van der Waals surface area contributed by atoms with Gasteiger partial charge in [-0.1, -0.05) is 35.5 Å². The molecule has 1 atom stereocenters. The maximum Gasteiger partial charge on any atom is 0.170 e. The van der Waals surface area contributed by atoms with Crippen LogP contribution in [0.15, 0.2) is 77.3 Å². The Kier molecular flexibility index (Phi) is 6.37. The number of nitrogens with one attached hydrogen (secondary N) is 1. The van der Waals surface area contributed by atoms with E-state index in [-0.39, 0.29) is 12.4 Å². The average molecular weight is 406 g/mol. The van der Waals surface area contributed by atoms with Gasteiger partial charge >= 0.3 is 0 Å². The summed E-state index contributed by atoms with van der Waals surface area (Å²) < 4.78 is 24.2. The van der Waals surface area contributed by atoms with Crippen LogP contribution in [-0.4, -0.2) is 36.1 Å². The molecule has 4 aromatic rings. The second kappa shape index (κ2) is 9.52. The first-order chi connectivity index (χ1) is 14.7. The van der Waals surface area contributed by atoms with Crippen molar-refractivity contribution in [2.24, 2.45) is 0 Å². The summed E-state index contributed by atoms with van der Waals surface area (Å²) in [6.07, 6.45) is 0.314. The number of halogens is 1. The maximum atomic E-state index is 13.3. The second-order valence-electron chi connectivity index (χ2n) is 7.10. The van der Waals surface area contributed by atoms with E-state index < -0.39 is 6.10 Å². The second-order valence-corrected chi connectivity index (χ2v) is 7.10. The number of fused-ring (bicyclic) bond motifs is 1. The molecular weight excluding hydrogens is 383 g/mol. The number of aromatic nitrogens is 1. The zero-order valence-electron chi connectivity index (χ0n) is 16.4. The Bertz CT molecular complexity index is 1080. The van der Waals surface area contributed by atoms with Gasteiger partial charge in [-0.2, -0.15) is 0 Å². The molecule has 0 saturated carbocycles. The minimum absolute atomic E-state index is 0.198. The lowest BCUT2D eigenvalue weighted by atomic mass is 10.1. The van der Waals surface area contributed by atoms with Crippen molar-refractivity contribution in [3.05, 3.63) is 84.2 Å². The molecule has 1 heterocycles. The van der Waals surface area contributed by atoms with Crippen molar-refractivity contribution < 1.29 is 18.8 Å². The van der Waals surface area contributed by atoms with E-state index in [1.165, 1.54) is 17.7 Å². The highest BCUT2D eigenvalue weighted by Gasteiger charge is 2.11. The van der Waals surface area contributed by atoms with E-state index in [2.05, 4.69) is 22.6 Å². The molecule has 0 aliphatic heterocycles. The van der Waals surface area contributed by atoms with E-state index in [4.69, 9.17) is 9.26 Å². The quantitative estimate of drug-likeness (QED) is 0.408. The molecule has 0 bridgehead atoms. The van der Waals surface area contributed by atoms with Crippen molar-refractivity contribution in [2.75, 3.05) is 19.7 Å². The Morgan fingerprint density at radius 2 is 1.83 bits per heavy atom. The van der Waals surface area contributed by atoms with Crippen LogP contribution in [0.5, 0.6) is 5.75 Å². The third-order valence-corrected chi connectivity index (χ3v) is 4.82. The minimum atomic E-state index is -0.602. The van der Waals surface area contributed by atoms with Gasteiger partial charge in [-0.3, -0.25) is 0 Å². The van der Waals surface area contributed by atoms with Crippen LogP contribution in [-0.2, 0) is 6.42 Å². The van der Waals surface area contributed by atoms with Gasteiger partial charge in [0.2, 0.25) is 0 Å². The zero-order chi connectivity index (χ0) is 20.8. The summed E-state index contributed by atoms with van der Waals surface area (Å²) in [6, 6.07) is 21.9. The Labute approximate surface area is 174 Å². The van der Waals surface area contributed by atoms with Crippen LogP contribution in [0.2, 0.25) is 0 Å². The van der Waals surface area contributed by atoms with E-state index >= 15 is 0 Å². The van der Waals surface area contributed by atoms with Gasteiger partial charge in [-0.25, -0.2) is 4.39 Å². The summed E-state index contributed by atoms with van der Waals surface area (Å²) >= 11 is 0. The lowest BCUT2D eigenvalue weighted by Gasteiger charge is -2.13. The van der Waals surface area contributed by atoms with Gasteiger partial charge in [0.25, 0.3) is 0 Å². The molecule has 3 aromatic carbocycles. The predicted octanol–water partition coefficient (Wildman–Crippen LogP) is 4.21. The van der Waals surface area contributed by atoms with E-state index in [9.17, 15) is 9.50 Å². The fourth-order valence-corrected chi connectivity index (χ4v) is 3.23. The molecule has 30 heavy (non-hydrogen) atoms. The van der Waals surface area contributed by atoms with Gasteiger partial charge in [-0.15, -0.1) is 0 Å². The van der Waals surface area contributed by atoms with Crippen LogP contribution in [0.3, 0.4) is 0 Å². The minimum Gasteiger partial charge on any atom is -0.491 e. The number of rotatable bonds is 9. The summed E-state index contributed by atoms with van der Waals surface area (Å²) in [4.78, 5) is 0. The fraction of sp³-hybridized carbons (Fsp3) is 0.208.